The van der Waals surface area contributed by atoms with E-state index in [1.165, 1.54) is 24.3 Å². The molecule has 0 bridgehead atoms. The van der Waals surface area contributed by atoms with Crippen LogP contribution >= 0.6 is 0 Å². The number of pyridine rings is 1. The molecule has 0 aliphatic carbocycles. The van der Waals surface area contributed by atoms with E-state index in [1.54, 1.807) is 67.7 Å². The molecule has 0 saturated carbocycles. The van der Waals surface area contributed by atoms with Crippen molar-refractivity contribution < 1.29 is 26.8 Å². The molecule has 1 unspecified atom stereocenters. The first-order chi connectivity index (χ1) is 18.0. The fourth-order valence-electron chi connectivity index (χ4n) is 4.40. The number of oxime groups is 1. The van der Waals surface area contributed by atoms with Crippen LogP contribution in [0.15, 0.2) is 101 Å². The number of aryl methyl sites for hydroxylation is 1. The van der Waals surface area contributed by atoms with Gasteiger partial charge in [0.1, 0.15) is 0 Å². The van der Waals surface area contributed by atoms with Crippen molar-refractivity contribution in [2.24, 2.45) is 5.16 Å². The Labute approximate surface area is 219 Å². The first kappa shape index (κ1) is 27.1. The molecule has 5 nitrogen and oxygen atoms in total. The van der Waals surface area contributed by atoms with Gasteiger partial charge in [0.25, 0.3) is 0 Å². The second kappa shape index (κ2) is 10.8. The predicted octanol–water partition coefficient (Wildman–Crippen LogP) is 6.88. The maximum atomic E-state index is 14.0. The second-order valence-electron chi connectivity index (χ2n) is 8.99. The summed E-state index contributed by atoms with van der Waals surface area (Å²) in [6.07, 6.45) is -1.87. The van der Waals surface area contributed by atoms with Gasteiger partial charge in [-0.2, -0.15) is 13.2 Å². The zero-order valence-corrected chi connectivity index (χ0v) is 21.5. The Morgan fingerprint density at radius 3 is 2.11 bits per heavy atom. The normalized spacial score (nSPS) is 13.3. The molecule has 0 spiro atoms. The first-order valence-electron chi connectivity index (χ1n) is 11.7. The van der Waals surface area contributed by atoms with Crippen molar-refractivity contribution in [2.75, 3.05) is 6.26 Å². The third kappa shape index (κ3) is 6.11. The summed E-state index contributed by atoms with van der Waals surface area (Å²) in [5.74, 6) is -0.770. The standard InChI is InChI=1S/C29H25F3N2O3S/c1-19-17-23(15-16-33-19)28(34-35)18-26(25-5-3-4-6-27(25)29(30,31)32)22-9-7-20(8-10-22)21-11-13-24(14-12-21)38(2,36)37/h3-17,26,35H,18H2,1-2H3/b34-28-. The summed E-state index contributed by atoms with van der Waals surface area (Å²) >= 11 is 0. The van der Waals surface area contributed by atoms with Gasteiger partial charge in [0.15, 0.2) is 9.84 Å². The molecule has 1 N–H and O–H groups in total. The van der Waals surface area contributed by atoms with Crippen LogP contribution in [0.5, 0.6) is 0 Å². The largest absolute Gasteiger partial charge is 0.416 e. The highest BCUT2D eigenvalue weighted by molar-refractivity contribution is 7.90. The van der Waals surface area contributed by atoms with Crippen molar-refractivity contribution in [2.45, 2.75) is 30.3 Å². The molecule has 3 aromatic carbocycles. The van der Waals surface area contributed by atoms with Crippen LogP contribution in [0.3, 0.4) is 0 Å². The van der Waals surface area contributed by atoms with Crippen molar-refractivity contribution in [1.29, 1.82) is 0 Å². The number of nitrogens with zero attached hydrogens (tertiary/aromatic N) is 2. The van der Waals surface area contributed by atoms with E-state index in [9.17, 15) is 26.8 Å². The number of hydrogen-bond donors (Lipinski definition) is 1. The molecule has 1 heterocycles. The fraction of sp³-hybridized carbons (Fsp3) is 0.172. The summed E-state index contributed by atoms with van der Waals surface area (Å²) in [4.78, 5) is 4.33. The van der Waals surface area contributed by atoms with E-state index < -0.39 is 27.5 Å². The lowest BCUT2D eigenvalue weighted by Crippen LogP contribution is -2.16. The Bertz CT molecular complexity index is 1560. The molecule has 1 aromatic heterocycles. The summed E-state index contributed by atoms with van der Waals surface area (Å²) in [6.45, 7) is 1.77. The molecule has 0 radical (unpaired) electrons. The van der Waals surface area contributed by atoms with Crippen LogP contribution in [0.25, 0.3) is 11.1 Å². The lowest BCUT2D eigenvalue weighted by molar-refractivity contribution is -0.138. The highest BCUT2D eigenvalue weighted by Crippen LogP contribution is 2.40. The first-order valence-corrected chi connectivity index (χ1v) is 13.6. The van der Waals surface area contributed by atoms with Gasteiger partial charge in [-0.1, -0.05) is 59.8 Å². The van der Waals surface area contributed by atoms with Gasteiger partial charge in [0, 0.05) is 36.0 Å². The highest BCUT2D eigenvalue weighted by Gasteiger charge is 2.35. The van der Waals surface area contributed by atoms with Gasteiger partial charge in [0.05, 0.1) is 16.2 Å². The molecule has 0 aliphatic rings. The molecule has 9 heteroatoms. The van der Waals surface area contributed by atoms with Crippen molar-refractivity contribution in [3.8, 4) is 11.1 Å². The summed E-state index contributed by atoms with van der Waals surface area (Å²) < 4.78 is 65.5. The summed E-state index contributed by atoms with van der Waals surface area (Å²) in [5.41, 5.74) is 2.94. The van der Waals surface area contributed by atoms with E-state index in [2.05, 4.69) is 10.1 Å². The predicted molar refractivity (Wildman–Crippen MR) is 140 cm³/mol. The minimum absolute atomic E-state index is 0.00937. The average Bonchev–Trinajstić information content (AvgIpc) is 2.89. The molecule has 0 saturated heterocycles. The van der Waals surface area contributed by atoms with E-state index >= 15 is 0 Å². The van der Waals surface area contributed by atoms with E-state index in [0.717, 1.165) is 23.4 Å². The third-order valence-electron chi connectivity index (χ3n) is 6.32. The minimum atomic E-state index is -4.57. The van der Waals surface area contributed by atoms with Crippen LogP contribution in [0.4, 0.5) is 13.2 Å². The van der Waals surface area contributed by atoms with Crippen LogP contribution in [0.1, 0.15) is 40.3 Å². The Kier molecular flexibility index (Phi) is 7.68. The SMILES string of the molecule is Cc1cc(/C(CC(c2ccc(-c3ccc(S(C)(=O)=O)cc3)cc2)c2ccccc2C(F)(F)F)=N\O)ccn1. The summed E-state index contributed by atoms with van der Waals surface area (Å²) in [6, 6.07) is 22.2. The fourth-order valence-corrected chi connectivity index (χ4v) is 5.03. The van der Waals surface area contributed by atoms with Crippen LogP contribution < -0.4 is 0 Å². The maximum absolute atomic E-state index is 14.0. The highest BCUT2D eigenvalue weighted by atomic mass is 32.2. The Balaban J connectivity index is 1.76. The summed E-state index contributed by atoms with van der Waals surface area (Å²) in [5, 5.41) is 13.3. The number of benzene rings is 3. The Morgan fingerprint density at radius 1 is 0.947 bits per heavy atom. The van der Waals surface area contributed by atoms with E-state index in [0.29, 0.717) is 16.8 Å². The molecule has 0 aliphatic heterocycles. The third-order valence-corrected chi connectivity index (χ3v) is 7.45. The van der Waals surface area contributed by atoms with Crippen LogP contribution in [-0.4, -0.2) is 30.6 Å². The minimum Gasteiger partial charge on any atom is -0.411 e. The van der Waals surface area contributed by atoms with Crippen molar-refractivity contribution >= 4 is 15.5 Å². The van der Waals surface area contributed by atoms with Gasteiger partial charge in [-0.25, -0.2) is 8.42 Å². The van der Waals surface area contributed by atoms with Crippen molar-refractivity contribution in [3.05, 3.63) is 119 Å². The number of rotatable bonds is 7. The monoisotopic (exact) mass is 538 g/mol. The zero-order chi connectivity index (χ0) is 27.5. The topological polar surface area (TPSA) is 79.6 Å². The van der Waals surface area contributed by atoms with Gasteiger partial charge in [-0.3, -0.25) is 4.98 Å². The lowest BCUT2D eigenvalue weighted by atomic mass is 9.82. The lowest BCUT2D eigenvalue weighted by Gasteiger charge is -2.23. The molecular formula is C29H25F3N2O3S. The molecule has 196 valence electrons. The number of hydrogen-bond acceptors (Lipinski definition) is 5. The molecule has 0 amide bonds. The smallest absolute Gasteiger partial charge is 0.411 e. The quantitative estimate of drug-likeness (QED) is 0.158. The van der Waals surface area contributed by atoms with Crippen LogP contribution in [-0.2, 0) is 16.0 Å². The molecule has 4 rings (SSSR count). The van der Waals surface area contributed by atoms with Crippen molar-refractivity contribution in [1.82, 2.24) is 4.98 Å². The molecule has 1 atom stereocenters. The second-order valence-corrected chi connectivity index (χ2v) is 11.0. The molecule has 0 fully saturated rings. The summed E-state index contributed by atoms with van der Waals surface area (Å²) in [7, 11) is -3.33. The zero-order valence-electron chi connectivity index (χ0n) is 20.6. The maximum Gasteiger partial charge on any atom is 0.416 e. The van der Waals surface area contributed by atoms with Crippen LogP contribution in [0.2, 0.25) is 0 Å². The van der Waals surface area contributed by atoms with Gasteiger partial charge in [-0.05, 0) is 59.5 Å². The average molecular weight is 539 g/mol. The van der Waals surface area contributed by atoms with E-state index in [1.807, 2.05) is 0 Å². The molecule has 38 heavy (non-hydrogen) atoms. The van der Waals surface area contributed by atoms with E-state index in [-0.39, 0.29) is 22.6 Å². The Hall–Kier alpha value is -3.98. The van der Waals surface area contributed by atoms with Crippen molar-refractivity contribution in [3.63, 3.8) is 0 Å². The van der Waals surface area contributed by atoms with E-state index in [4.69, 9.17) is 0 Å². The number of alkyl halides is 3. The van der Waals surface area contributed by atoms with Gasteiger partial charge in [-0.15, -0.1) is 0 Å². The molecule has 4 aromatic rings. The number of halogens is 3. The van der Waals surface area contributed by atoms with Crippen LogP contribution in [0, 0.1) is 6.92 Å². The molecular weight excluding hydrogens is 513 g/mol. The number of sulfone groups is 1. The van der Waals surface area contributed by atoms with Gasteiger partial charge < -0.3 is 5.21 Å². The van der Waals surface area contributed by atoms with Gasteiger partial charge >= 0.3 is 6.18 Å². The van der Waals surface area contributed by atoms with Gasteiger partial charge in [0.2, 0.25) is 0 Å². The number of aromatic nitrogens is 1. The Morgan fingerprint density at radius 2 is 1.55 bits per heavy atom.